The summed E-state index contributed by atoms with van der Waals surface area (Å²) in [5.41, 5.74) is 2.75. The summed E-state index contributed by atoms with van der Waals surface area (Å²) < 4.78 is 5.29. The summed E-state index contributed by atoms with van der Waals surface area (Å²) in [6.07, 6.45) is 0. The molecule has 0 aliphatic rings. The predicted molar refractivity (Wildman–Crippen MR) is 88.1 cm³/mol. The van der Waals surface area contributed by atoms with Gasteiger partial charge in [0.1, 0.15) is 5.75 Å². The van der Waals surface area contributed by atoms with E-state index < -0.39 is 4.92 Å². The van der Waals surface area contributed by atoms with Gasteiger partial charge in [-0.25, -0.2) is 0 Å². The number of amides is 1. The second-order valence-electron chi connectivity index (χ2n) is 5.01. The largest absolute Gasteiger partial charge is 0.482 e. The van der Waals surface area contributed by atoms with Gasteiger partial charge in [-0.05, 0) is 43.2 Å². The molecule has 0 fully saturated rings. The van der Waals surface area contributed by atoms with Gasteiger partial charge in [0.25, 0.3) is 11.6 Å². The summed E-state index contributed by atoms with van der Waals surface area (Å²) in [6, 6.07) is 9.40. The normalized spacial score (nSPS) is 10.2. The first-order valence-corrected chi connectivity index (χ1v) is 7.18. The summed E-state index contributed by atoms with van der Waals surface area (Å²) in [5, 5.41) is 13.4. The molecule has 0 aliphatic heterocycles. The minimum atomic E-state index is -0.553. The highest BCUT2D eigenvalue weighted by Crippen LogP contribution is 2.28. The van der Waals surface area contributed by atoms with Crippen LogP contribution in [0.3, 0.4) is 0 Å². The number of aryl methyl sites for hydroxylation is 2. The Balaban J connectivity index is 1.96. The lowest BCUT2D eigenvalue weighted by Gasteiger charge is -2.10. The number of non-ortho nitro benzene ring substituents is 1. The van der Waals surface area contributed by atoms with Crippen LogP contribution < -0.4 is 10.1 Å². The molecule has 0 heterocycles. The molecule has 0 saturated carbocycles. The second kappa shape index (κ2) is 7.11. The maximum atomic E-state index is 11.9. The van der Waals surface area contributed by atoms with E-state index in [-0.39, 0.29) is 29.0 Å². The number of benzene rings is 2. The molecular weight excluding hydrogens is 320 g/mol. The number of nitrogens with zero attached hydrogens (tertiary/aromatic N) is 1. The number of hydrogen-bond donors (Lipinski definition) is 1. The van der Waals surface area contributed by atoms with Crippen molar-refractivity contribution in [1.82, 2.24) is 0 Å². The number of halogens is 1. The van der Waals surface area contributed by atoms with Crippen LogP contribution in [0.2, 0.25) is 5.02 Å². The topological polar surface area (TPSA) is 81.5 Å². The highest BCUT2D eigenvalue weighted by atomic mass is 35.5. The van der Waals surface area contributed by atoms with Gasteiger partial charge in [0.05, 0.1) is 9.95 Å². The van der Waals surface area contributed by atoms with Crippen molar-refractivity contribution in [2.75, 3.05) is 11.9 Å². The molecule has 0 spiro atoms. The lowest BCUT2D eigenvalue weighted by molar-refractivity contribution is -0.384. The summed E-state index contributed by atoms with van der Waals surface area (Å²) in [6.45, 7) is 3.70. The second-order valence-corrected chi connectivity index (χ2v) is 5.41. The van der Waals surface area contributed by atoms with Crippen molar-refractivity contribution in [2.24, 2.45) is 0 Å². The van der Waals surface area contributed by atoms with Gasteiger partial charge >= 0.3 is 0 Å². The van der Waals surface area contributed by atoms with Crippen molar-refractivity contribution in [3.8, 4) is 5.75 Å². The van der Waals surface area contributed by atoms with Crippen LogP contribution in [-0.4, -0.2) is 17.4 Å². The molecule has 0 saturated heterocycles. The summed E-state index contributed by atoms with van der Waals surface area (Å²) >= 11 is 5.89. The Morgan fingerprint density at radius 2 is 1.96 bits per heavy atom. The van der Waals surface area contributed by atoms with Crippen molar-refractivity contribution in [3.63, 3.8) is 0 Å². The Labute approximate surface area is 138 Å². The monoisotopic (exact) mass is 334 g/mol. The number of nitro groups is 1. The van der Waals surface area contributed by atoms with Crippen LogP contribution in [0.15, 0.2) is 36.4 Å². The minimum absolute atomic E-state index is 0.0816. The third-order valence-corrected chi connectivity index (χ3v) is 3.57. The van der Waals surface area contributed by atoms with Crippen LogP contribution in [0.25, 0.3) is 0 Å². The van der Waals surface area contributed by atoms with Gasteiger partial charge in [-0.15, -0.1) is 0 Å². The van der Waals surface area contributed by atoms with Gasteiger partial charge in [0.2, 0.25) is 0 Å². The molecule has 23 heavy (non-hydrogen) atoms. The van der Waals surface area contributed by atoms with E-state index >= 15 is 0 Å². The number of anilines is 1. The first-order chi connectivity index (χ1) is 10.9. The fourth-order valence-corrected chi connectivity index (χ4v) is 2.11. The molecule has 6 nitrogen and oxygen atoms in total. The van der Waals surface area contributed by atoms with E-state index in [1.54, 1.807) is 6.07 Å². The van der Waals surface area contributed by atoms with Crippen LogP contribution in [0, 0.1) is 24.0 Å². The zero-order valence-electron chi connectivity index (χ0n) is 12.6. The van der Waals surface area contributed by atoms with Crippen molar-refractivity contribution >= 4 is 28.9 Å². The SMILES string of the molecule is Cc1ccc(NC(=O)COc2ccc([N+](=O)[O-])cc2Cl)cc1C. The molecule has 1 amide bonds. The fraction of sp³-hybridized carbons (Fsp3) is 0.188. The Kier molecular flexibility index (Phi) is 5.18. The van der Waals surface area contributed by atoms with E-state index in [0.29, 0.717) is 5.69 Å². The van der Waals surface area contributed by atoms with Gasteiger partial charge in [0.15, 0.2) is 6.61 Å². The van der Waals surface area contributed by atoms with Gasteiger partial charge in [0, 0.05) is 17.8 Å². The number of nitrogens with one attached hydrogen (secondary N) is 1. The number of nitro benzene ring substituents is 1. The van der Waals surface area contributed by atoms with Crippen LogP contribution in [-0.2, 0) is 4.79 Å². The number of rotatable bonds is 5. The number of hydrogen-bond acceptors (Lipinski definition) is 4. The van der Waals surface area contributed by atoms with E-state index in [1.165, 1.54) is 18.2 Å². The van der Waals surface area contributed by atoms with Crippen molar-refractivity contribution in [3.05, 3.63) is 62.7 Å². The molecule has 7 heteroatoms. The maximum absolute atomic E-state index is 11.9. The lowest BCUT2D eigenvalue weighted by atomic mass is 10.1. The van der Waals surface area contributed by atoms with E-state index in [9.17, 15) is 14.9 Å². The van der Waals surface area contributed by atoms with Gasteiger partial charge < -0.3 is 10.1 Å². The molecule has 0 unspecified atom stereocenters. The zero-order chi connectivity index (χ0) is 17.0. The molecule has 2 rings (SSSR count). The highest BCUT2D eigenvalue weighted by Gasteiger charge is 2.12. The van der Waals surface area contributed by atoms with Crippen molar-refractivity contribution < 1.29 is 14.5 Å². The van der Waals surface area contributed by atoms with E-state index in [4.69, 9.17) is 16.3 Å². The van der Waals surface area contributed by atoms with Crippen molar-refractivity contribution in [1.29, 1.82) is 0 Å². The molecule has 1 N–H and O–H groups in total. The molecule has 2 aromatic carbocycles. The standard InChI is InChI=1S/C16H15ClN2O4/c1-10-3-4-12(7-11(10)2)18-16(20)9-23-15-6-5-13(19(21)22)8-14(15)17/h3-8H,9H2,1-2H3,(H,18,20). The van der Waals surface area contributed by atoms with E-state index in [1.807, 2.05) is 26.0 Å². The van der Waals surface area contributed by atoms with Gasteiger partial charge in [-0.2, -0.15) is 0 Å². The smallest absolute Gasteiger partial charge is 0.271 e. The quantitative estimate of drug-likeness (QED) is 0.664. The highest BCUT2D eigenvalue weighted by molar-refractivity contribution is 6.32. The molecule has 0 bridgehead atoms. The number of ether oxygens (including phenoxy) is 1. The zero-order valence-corrected chi connectivity index (χ0v) is 13.4. The third kappa shape index (κ3) is 4.43. The Bertz CT molecular complexity index is 762. The van der Waals surface area contributed by atoms with Crippen LogP contribution >= 0.6 is 11.6 Å². The van der Waals surface area contributed by atoms with Crippen molar-refractivity contribution in [2.45, 2.75) is 13.8 Å². The lowest BCUT2D eigenvalue weighted by Crippen LogP contribution is -2.20. The molecule has 0 radical (unpaired) electrons. The predicted octanol–water partition coefficient (Wildman–Crippen LogP) is 3.88. The molecule has 0 aromatic heterocycles. The van der Waals surface area contributed by atoms with E-state index in [2.05, 4.69) is 5.32 Å². The Morgan fingerprint density at radius 1 is 1.22 bits per heavy atom. The van der Waals surface area contributed by atoms with E-state index in [0.717, 1.165) is 11.1 Å². The first kappa shape index (κ1) is 16.8. The number of carbonyl (C=O) groups excluding carboxylic acids is 1. The Morgan fingerprint density at radius 3 is 2.57 bits per heavy atom. The minimum Gasteiger partial charge on any atom is -0.482 e. The summed E-state index contributed by atoms with van der Waals surface area (Å²) in [5.74, 6) is -0.129. The average molecular weight is 335 g/mol. The average Bonchev–Trinajstić information content (AvgIpc) is 2.49. The third-order valence-electron chi connectivity index (χ3n) is 3.28. The number of carbonyl (C=O) groups is 1. The Hall–Kier alpha value is -2.60. The summed E-state index contributed by atoms with van der Waals surface area (Å²) in [4.78, 5) is 22.0. The first-order valence-electron chi connectivity index (χ1n) is 6.80. The maximum Gasteiger partial charge on any atom is 0.271 e. The fourth-order valence-electron chi connectivity index (χ4n) is 1.88. The van der Waals surface area contributed by atoms with Crippen LogP contribution in [0.5, 0.6) is 5.75 Å². The molecule has 2 aromatic rings. The molecule has 0 aliphatic carbocycles. The summed E-state index contributed by atoms with van der Waals surface area (Å²) in [7, 11) is 0. The van der Waals surface area contributed by atoms with Crippen LogP contribution in [0.4, 0.5) is 11.4 Å². The molecular formula is C16H15ClN2O4. The molecule has 0 atom stereocenters. The van der Waals surface area contributed by atoms with Gasteiger partial charge in [-0.3, -0.25) is 14.9 Å². The van der Waals surface area contributed by atoms with Crippen LogP contribution in [0.1, 0.15) is 11.1 Å². The van der Waals surface area contributed by atoms with Gasteiger partial charge in [-0.1, -0.05) is 17.7 Å². The molecule has 120 valence electrons.